The summed E-state index contributed by atoms with van der Waals surface area (Å²) in [6.45, 7) is 4.60. The first-order valence-corrected chi connectivity index (χ1v) is 9.03. The summed E-state index contributed by atoms with van der Waals surface area (Å²) in [6, 6.07) is 5.23. The van der Waals surface area contributed by atoms with Crippen molar-refractivity contribution in [1.82, 2.24) is 10.2 Å². The summed E-state index contributed by atoms with van der Waals surface area (Å²) in [4.78, 5) is 12.4. The van der Waals surface area contributed by atoms with Crippen LogP contribution in [-0.4, -0.2) is 42.1 Å². The normalized spacial score (nSPS) is 11.7. The van der Waals surface area contributed by atoms with E-state index in [0.29, 0.717) is 17.2 Å². The van der Waals surface area contributed by atoms with Crippen LogP contribution < -0.4 is 20.1 Å². The van der Waals surface area contributed by atoms with Gasteiger partial charge in [-0.3, -0.25) is 4.79 Å². The lowest BCUT2D eigenvalue weighted by atomic mass is 10.2. The molecule has 1 atom stereocenters. The highest BCUT2D eigenvalue weighted by molar-refractivity contribution is 8.02. The molecule has 1 unspecified atom stereocenters. The number of rotatable bonds is 8. The van der Waals surface area contributed by atoms with Gasteiger partial charge < -0.3 is 20.1 Å². The van der Waals surface area contributed by atoms with E-state index in [9.17, 15) is 4.79 Å². The number of anilines is 2. The van der Waals surface area contributed by atoms with E-state index < -0.39 is 0 Å². The van der Waals surface area contributed by atoms with Crippen molar-refractivity contribution < 1.29 is 14.3 Å². The van der Waals surface area contributed by atoms with Crippen molar-refractivity contribution in [1.29, 1.82) is 0 Å². The Labute approximate surface area is 149 Å². The maximum Gasteiger partial charge on any atom is 0.237 e. The lowest BCUT2D eigenvalue weighted by Gasteiger charge is -2.12. The van der Waals surface area contributed by atoms with Crippen LogP contribution in [0.3, 0.4) is 0 Å². The van der Waals surface area contributed by atoms with Crippen molar-refractivity contribution >= 4 is 39.8 Å². The predicted molar refractivity (Wildman–Crippen MR) is 97.6 cm³/mol. The maximum absolute atomic E-state index is 12.4. The third-order valence-electron chi connectivity index (χ3n) is 3.00. The fourth-order valence-electron chi connectivity index (χ4n) is 1.81. The average Bonchev–Trinajstić information content (AvgIpc) is 3.01. The largest absolute Gasteiger partial charge is 0.497 e. The molecule has 7 nitrogen and oxygen atoms in total. The van der Waals surface area contributed by atoms with Gasteiger partial charge in [0.2, 0.25) is 11.0 Å². The van der Waals surface area contributed by atoms with Crippen LogP contribution in [0.5, 0.6) is 11.5 Å². The summed E-state index contributed by atoms with van der Waals surface area (Å²) in [6.07, 6.45) is 0. The van der Waals surface area contributed by atoms with E-state index in [0.717, 1.165) is 16.0 Å². The van der Waals surface area contributed by atoms with Gasteiger partial charge in [-0.25, -0.2) is 0 Å². The van der Waals surface area contributed by atoms with Gasteiger partial charge in [0.1, 0.15) is 11.5 Å². The molecule has 1 amide bonds. The van der Waals surface area contributed by atoms with E-state index in [2.05, 4.69) is 20.8 Å². The first-order valence-electron chi connectivity index (χ1n) is 7.33. The molecular weight excluding hydrogens is 348 g/mol. The Morgan fingerprint density at radius 1 is 1.25 bits per heavy atom. The summed E-state index contributed by atoms with van der Waals surface area (Å²) >= 11 is 2.80. The number of nitrogens with one attached hydrogen (secondary N) is 2. The number of methoxy groups -OCH3 is 2. The van der Waals surface area contributed by atoms with Crippen LogP contribution in [0.15, 0.2) is 22.5 Å². The van der Waals surface area contributed by atoms with Crippen molar-refractivity contribution in [2.45, 2.75) is 23.4 Å². The lowest BCUT2D eigenvalue weighted by Crippen LogP contribution is -2.22. The third kappa shape index (κ3) is 5.00. The number of thioether (sulfide) groups is 1. The smallest absolute Gasteiger partial charge is 0.237 e. The minimum atomic E-state index is -0.315. The van der Waals surface area contributed by atoms with Gasteiger partial charge in [-0.05, 0) is 13.8 Å². The topological polar surface area (TPSA) is 85.4 Å². The number of amides is 1. The number of ether oxygens (including phenoxy) is 2. The molecule has 0 aliphatic heterocycles. The Bertz CT molecular complexity index is 671. The number of carbonyl (C=O) groups excluding carboxylic acids is 1. The van der Waals surface area contributed by atoms with Crippen LogP contribution in [0.1, 0.15) is 13.8 Å². The Kier molecular flexibility index (Phi) is 6.68. The lowest BCUT2D eigenvalue weighted by molar-refractivity contribution is -0.115. The molecule has 0 saturated carbocycles. The SMILES string of the molecule is CCNc1nnc(SC(C)C(=O)Nc2cc(OC)cc(OC)c2)s1. The number of carbonyl (C=O) groups is 1. The fraction of sp³-hybridized carbons (Fsp3) is 0.400. The number of nitrogens with zero attached hydrogens (tertiary/aromatic N) is 2. The molecule has 9 heteroatoms. The highest BCUT2D eigenvalue weighted by Crippen LogP contribution is 2.30. The third-order valence-corrected chi connectivity index (χ3v) is 5.07. The second-order valence-electron chi connectivity index (χ2n) is 4.75. The molecule has 1 aromatic carbocycles. The summed E-state index contributed by atoms with van der Waals surface area (Å²) in [5, 5.41) is 14.5. The molecule has 0 fully saturated rings. The molecule has 2 N–H and O–H groups in total. The van der Waals surface area contributed by atoms with Crippen molar-refractivity contribution in [3.63, 3.8) is 0 Å². The van der Waals surface area contributed by atoms with Crippen LogP contribution >= 0.6 is 23.1 Å². The van der Waals surface area contributed by atoms with Crippen LogP contribution in [0.25, 0.3) is 0 Å². The zero-order chi connectivity index (χ0) is 17.5. The maximum atomic E-state index is 12.4. The molecular formula is C15H20N4O3S2. The summed E-state index contributed by atoms with van der Waals surface area (Å²) in [7, 11) is 3.13. The van der Waals surface area contributed by atoms with Gasteiger partial charge >= 0.3 is 0 Å². The minimum absolute atomic E-state index is 0.129. The highest BCUT2D eigenvalue weighted by Gasteiger charge is 2.18. The van der Waals surface area contributed by atoms with Crippen LogP contribution in [0, 0.1) is 0 Å². The van der Waals surface area contributed by atoms with Gasteiger partial charge in [0, 0.05) is 30.4 Å². The summed E-state index contributed by atoms with van der Waals surface area (Å²) in [5.41, 5.74) is 0.620. The predicted octanol–water partition coefficient (Wildman–Crippen LogP) is 3.11. The molecule has 24 heavy (non-hydrogen) atoms. The van der Waals surface area contributed by atoms with E-state index >= 15 is 0 Å². The van der Waals surface area contributed by atoms with Gasteiger partial charge in [0.25, 0.3) is 0 Å². The molecule has 2 aromatic rings. The van der Waals surface area contributed by atoms with Crippen molar-refractivity contribution in [2.24, 2.45) is 0 Å². The Morgan fingerprint density at radius 2 is 1.92 bits per heavy atom. The van der Waals surface area contributed by atoms with Crippen molar-refractivity contribution in [3.05, 3.63) is 18.2 Å². The standard InChI is InChI=1S/C15H20N4O3S2/c1-5-16-14-18-19-15(24-14)23-9(2)13(20)17-10-6-11(21-3)8-12(7-10)22-4/h6-9H,5H2,1-4H3,(H,16,18)(H,17,20). The first-order chi connectivity index (χ1) is 11.5. The monoisotopic (exact) mass is 368 g/mol. The van der Waals surface area contributed by atoms with Gasteiger partial charge in [-0.1, -0.05) is 23.1 Å². The van der Waals surface area contributed by atoms with E-state index in [1.54, 1.807) is 32.4 Å². The number of aromatic nitrogens is 2. The van der Waals surface area contributed by atoms with Crippen LogP contribution in [0.4, 0.5) is 10.8 Å². The molecule has 1 aromatic heterocycles. The van der Waals surface area contributed by atoms with Crippen LogP contribution in [-0.2, 0) is 4.79 Å². The first kappa shape index (κ1) is 18.3. The molecule has 130 valence electrons. The molecule has 0 aliphatic rings. The van der Waals surface area contributed by atoms with Gasteiger partial charge in [0.15, 0.2) is 4.34 Å². The summed E-state index contributed by atoms with van der Waals surface area (Å²) < 4.78 is 11.1. The second kappa shape index (κ2) is 8.74. The number of hydrogen-bond acceptors (Lipinski definition) is 8. The van der Waals surface area contributed by atoms with Crippen LogP contribution in [0.2, 0.25) is 0 Å². The van der Waals surface area contributed by atoms with E-state index in [1.807, 2.05) is 13.8 Å². The second-order valence-corrected chi connectivity index (χ2v) is 7.32. The zero-order valence-electron chi connectivity index (χ0n) is 14.0. The minimum Gasteiger partial charge on any atom is -0.497 e. The average molecular weight is 368 g/mol. The van der Waals surface area contributed by atoms with E-state index in [1.165, 1.54) is 23.1 Å². The molecule has 0 bridgehead atoms. The molecule has 0 spiro atoms. The zero-order valence-corrected chi connectivity index (χ0v) is 15.6. The fourth-order valence-corrected chi connectivity index (χ4v) is 3.77. The molecule has 0 radical (unpaired) electrons. The number of hydrogen-bond donors (Lipinski definition) is 2. The Morgan fingerprint density at radius 3 is 2.50 bits per heavy atom. The van der Waals surface area contributed by atoms with Gasteiger partial charge in [-0.2, -0.15) is 0 Å². The Balaban J connectivity index is 2.00. The molecule has 2 rings (SSSR count). The molecule has 0 saturated heterocycles. The molecule has 0 aliphatic carbocycles. The quantitative estimate of drug-likeness (QED) is 0.693. The van der Waals surface area contributed by atoms with Gasteiger partial charge in [-0.15, -0.1) is 10.2 Å². The van der Waals surface area contributed by atoms with Crippen molar-refractivity contribution in [2.75, 3.05) is 31.4 Å². The van der Waals surface area contributed by atoms with E-state index in [-0.39, 0.29) is 11.2 Å². The molecule has 1 heterocycles. The Hall–Kier alpha value is -2.00. The summed E-state index contributed by atoms with van der Waals surface area (Å²) in [5.74, 6) is 1.10. The van der Waals surface area contributed by atoms with E-state index in [4.69, 9.17) is 9.47 Å². The highest BCUT2D eigenvalue weighted by atomic mass is 32.2. The number of benzene rings is 1. The van der Waals surface area contributed by atoms with Crippen molar-refractivity contribution in [3.8, 4) is 11.5 Å². The van der Waals surface area contributed by atoms with Gasteiger partial charge in [0.05, 0.1) is 19.5 Å².